The van der Waals surface area contributed by atoms with Gasteiger partial charge in [-0.25, -0.2) is 8.42 Å². The van der Waals surface area contributed by atoms with Crippen molar-refractivity contribution in [3.63, 3.8) is 0 Å². The highest BCUT2D eigenvalue weighted by atomic mass is 32.2. The molecule has 0 saturated carbocycles. The molecule has 0 amide bonds. The Morgan fingerprint density at radius 2 is 1.27 bits per heavy atom. The van der Waals surface area contributed by atoms with Crippen LogP contribution in [0, 0.1) is 34.6 Å². The molecule has 0 bridgehead atoms. The van der Waals surface area contributed by atoms with Crippen LogP contribution in [0.2, 0.25) is 0 Å². The third-order valence-electron chi connectivity index (χ3n) is 5.53. The minimum atomic E-state index is -3.47. The van der Waals surface area contributed by atoms with E-state index >= 15 is 0 Å². The van der Waals surface area contributed by atoms with Crippen LogP contribution in [-0.2, 0) is 10.0 Å². The summed E-state index contributed by atoms with van der Waals surface area (Å²) >= 11 is 0. The first-order valence-corrected chi connectivity index (χ1v) is 10.5. The number of sulfonamides is 1. The molecule has 26 heavy (non-hydrogen) atoms. The second-order valence-electron chi connectivity index (χ2n) is 7.32. The molecule has 1 aliphatic rings. The van der Waals surface area contributed by atoms with E-state index in [9.17, 15) is 8.42 Å². The van der Waals surface area contributed by atoms with Crippen molar-refractivity contribution < 1.29 is 8.42 Å². The second-order valence-corrected chi connectivity index (χ2v) is 9.19. The third-order valence-corrected chi connectivity index (χ3v) is 7.71. The van der Waals surface area contributed by atoms with E-state index in [1.165, 1.54) is 5.56 Å². The summed E-state index contributed by atoms with van der Waals surface area (Å²) < 4.78 is 28.3. The molecular formula is C21H28N2O2S. The van der Waals surface area contributed by atoms with Gasteiger partial charge >= 0.3 is 0 Å². The van der Waals surface area contributed by atoms with Gasteiger partial charge in [-0.05, 0) is 69.0 Å². The fraction of sp³-hybridized carbons (Fsp3) is 0.429. The Kier molecular flexibility index (Phi) is 5.13. The zero-order valence-electron chi connectivity index (χ0n) is 16.3. The highest BCUT2D eigenvalue weighted by Crippen LogP contribution is 2.29. The van der Waals surface area contributed by atoms with Crippen LogP contribution in [-0.4, -0.2) is 38.9 Å². The lowest BCUT2D eigenvalue weighted by Gasteiger charge is -2.36. The highest BCUT2D eigenvalue weighted by molar-refractivity contribution is 7.89. The maximum absolute atomic E-state index is 13.3. The minimum Gasteiger partial charge on any atom is -0.369 e. The summed E-state index contributed by atoms with van der Waals surface area (Å²) in [4.78, 5) is 2.76. The van der Waals surface area contributed by atoms with Gasteiger partial charge in [0, 0.05) is 31.9 Å². The summed E-state index contributed by atoms with van der Waals surface area (Å²) in [6.07, 6.45) is 0. The average molecular weight is 373 g/mol. The van der Waals surface area contributed by atoms with Gasteiger partial charge in [0.2, 0.25) is 10.0 Å². The van der Waals surface area contributed by atoms with Gasteiger partial charge in [-0.2, -0.15) is 4.31 Å². The van der Waals surface area contributed by atoms with Crippen LogP contribution in [0.3, 0.4) is 0 Å². The fourth-order valence-corrected chi connectivity index (χ4v) is 5.64. The molecule has 0 unspecified atom stereocenters. The minimum absolute atomic E-state index is 0.499. The molecule has 0 aromatic heterocycles. The van der Waals surface area contributed by atoms with E-state index in [0.29, 0.717) is 31.1 Å². The molecule has 4 nitrogen and oxygen atoms in total. The molecule has 1 aliphatic heterocycles. The standard InChI is InChI=1S/C21H28N2O2S/c1-15-6-8-20(9-7-15)22-10-12-23(13-11-22)26(24,25)21-18(4)16(2)14-17(3)19(21)5/h6-9,14H,10-13H2,1-5H3. The van der Waals surface area contributed by atoms with Crippen molar-refractivity contribution in [2.75, 3.05) is 31.1 Å². The maximum Gasteiger partial charge on any atom is 0.243 e. The smallest absolute Gasteiger partial charge is 0.243 e. The van der Waals surface area contributed by atoms with Crippen LogP contribution >= 0.6 is 0 Å². The monoisotopic (exact) mass is 372 g/mol. The number of nitrogens with zero attached hydrogens (tertiary/aromatic N) is 2. The predicted molar refractivity (Wildman–Crippen MR) is 108 cm³/mol. The van der Waals surface area contributed by atoms with Gasteiger partial charge in [-0.1, -0.05) is 23.8 Å². The third kappa shape index (κ3) is 3.38. The molecule has 0 spiro atoms. The van der Waals surface area contributed by atoms with Gasteiger partial charge in [0.25, 0.3) is 0 Å². The summed E-state index contributed by atoms with van der Waals surface area (Å²) in [5, 5.41) is 0. The first-order chi connectivity index (χ1) is 12.2. The number of anilines is 1. The van der Waals surface area contributed by atoms with E-state index in [-0.39, 0.29) is 0 Å². The lowest BCUT2D eigenvalue weighted by molar-refractivity contribution is 0.384. The number of aryl methyl sites for hydroxylation is 3. The summed E-state index contributed by atoms with van der Waals surface area (Å²) in [5.41, 5.74) is 6.19. The van der Waals surface area contributed by atoms with E-state index in [2.05, 4.69) is 42.2 Å². The van der Waals surface area contributed by atoms with Gasteiger partial charge in [-0.3, -0.25) is 0 Å². The molecule has 2 aromatic carbocycles. The van der Waals surface area contributed by atoms with Gasteiger partial charge in [-0.15, -0.1) is 0 Å². The summed E-state index contributed by atoms with van der Waals surface area (Å²) in [6.45, 7) is 12.3. The van der Waals surface area contributed by atoms with Crippen molar-refractivity contribution in [1.82, 2.24) is 4.31 Å². The number of hydrogen-bond acceptors (Lipinski definition) is 3. The average Bonchev–Trinajstić information content (AvgIpc) is 2.61. The Morgan fingerprint density at radius 1 is 0.769 bits per heavy atom. The van der Waals surface area contributed by atoms with Crippen LogP contribution in [0.1, 0.15) is 27.8 Å². The largest absolute Gasteiger partial charge is 0.369 e. The van der Waals surface area contributed by atoms with Crippen LogP contribution in [0.25, 0.3) is 0 Å². The van der Waals surface area contributed by atoms with Crippen molar-refractivity contribution in [3.05, 3.63) is 58.1 Å². The number of piperazine rings is 1. The topological polar surface area (TPSA) is 40.6 Å². The van der Waals surface area contributed by atoms with Crippen LogP contribution in [0.4, 0.5) is 5.69 Å². The molecule has 140 valence electrons. The zero-order valence-corrected chi connectivity index (χ0v) is 17.2. The SMILES string of the molecule is Cc1ccc(N2CCN(S(=O)(=O)c3c(C)c(C)cc(C)c3C)CC2)cc1. The zero-order chi connectivity index (χ0) is 19.1. The lowest BCUT2D eigenvalue weighted by Crippen LogP contribution is -2.49. The number of rotatable bonds is 3. The summed E-state index contributed by atoms with van der Waals surface area (Å²) in [6, 6.07) is 10.5. The fourth-order valence-electron chi connectivity index (χ4n) is 3.64. The maximum atomic E-state index is 13.3. The number of benzene rings is 2. The molecule has 0 N–H and O–H groups in total. The van der Waals surface area contributed by atoms with E-state index in [4.69, 9.17) is 0 Å². The quantitative estimate of drug-likeness (QED) is 0.824. The molecule has 5 heteroatoms. The molecule has 0 aliphatic carbocycles. The van der Waals surface area contributed by atoms with Crippen LogP contribution in [0.15, 0.2) is 35.2 Å². The Labute approximate surface area is 157 Å². The van der Waals surface area contributed by atoms with Crippen molar-refractivity contribution in [1.29, 1.82) is 0 Å². The predicted octanol–water partition coefficient (Wildman–Crippen LogP) is 3.74. The van der Waals surface area contributed by atoms with E-state index < -0.39 is 10.0 Å². The molecule has 3 rings (SSSR count). The highest BCUT2D eigenvalue weighted by Gasteiger charge is 2.31. The number of hydrogen-bond donors (Lipinski definition) is 0. The molecule has 1 saturated heterocycles. The van der Waals surface area contributed by atoms with Crippen molar-refractivity contribution in [2.24, 2.45) is 0 Å². The second kappa shape index (κ2) is 7.05. The first-order valence-electron chi connectivity index (χ1n) is 9.11. The van der Waals surface area contributed by atoms with Crippen LogP contribution < -0.4 is 4.90 Å². The molecule has 0 atom stereocenters. The molecule has 1 heterocycles. The molecule has 0 radical (unpaired) electrons. The Bertz CT molecular complexity index is 884. The summed E-state index contributed by atoms with van der Waals surface area (Å²) in [5.74, 6) is 0. The van der Waals surface area contributed by atoms with Crippen molar-refractivity contribution >= 4 is 15.7 Å². The Hall–Kier alpha value is -1.85. The normalized spacial score (nSPS) is 16.1. The van der Waals surface area contributed by atoms with Crippen LogP contribution in [0.5, 0.6) is 0 Å². The van der Waals surface area contributed by atoms with Gasteiger partial charge in [0.05, 0.1) is 4.90 Å². The van der Waals surface area contributed by atoms with Crippen molar-refractivity contribution in [2.45, 2.75) is 39.5 Å². The van der Waals surface area contributed by atoms with Gasteiger partial charge in [0.15, 0.2) is 0 Å². The summed E-state index contributed by atoms with van der Waals surface area (Å²) in [7, 11) is -3.47. The van der Waals surface area contributed by atoms with E-state index in [1.54, 1.807) is 4.31 Å². The Balaban J connectivity index is 1.84. The van der Waals surface area contributed by atoms with Gasteiger partial charge < -0.3 is 4.90 Å². The Morgan fingerprint density at radius 3 is 1.77 bits per heavy atom. The molecular weight excluding hydrogens is 344 g/mol. The van der Waals surface area contributed by atoms with Crippen molar-refractivity contribution in [3.8, 4) is 0 Å². The van der Waals surface area contributed by atoms with Gasteiger partial charge in [0.1, 0.15) is 0 Å². The first kappa shape index (κ1) is 18.9. The molecule has 2 aromatic rings. The van der Waals surface area contributed by atoms with E-state index in [0.717, 1.165) is 27.9 Å². The van der Waals surface area contributed by atoms with E-state index in [1.807, 2.05) is 27.7 Å². The molecule has 1 fully saturated rings. The lowest BCUT2D eigenvalue weighted by atomic mass is 10.0.